The van der Waals surface area contributed by atoms with Gasteiger partial charge < -0.3 is 15.4 Å². The van der Waals surface area contributed by atoms with Gasteiger partial charge in [0.15, 0.2) is 0 Å². The van der Waals surface area contributed by atoms with Crippen molar-refractivity contribution in [2.45, 2.75) is 31.7 Å². The molecule has 0 bridgehead atoms. The highest BCUT2D eigenvalue weighted by Crippen LogP contribution is 2.13. The zero-order chi connectivity index (χ0) is 14.4. The van der Waals surface area contributed by atoms with Gasteiger partial charge in [-0.3, -0.25) is 4.79 Å². The number of ether oxygens (including phenoxy) is 1. The lowest BCUT2D eigenvalue weighted by atomic mass is 10.1. The van der Waals surface area contributed by atoms with Gasteiger partial charge in [-0.15, -0.1) is 0 Å². The molecule has 1 heterocycles. The number of hydrogen-bond donors (Lipinski definition) is 2. The first kappa shape index (κ1) is 14.5. The zero-order valence-corrected chi connectivity index (χ0v) is 11.6. The molecule has 1 aromatic rings. The summed E-state index contributed by atoms with van der Waals surface area (Å²) in [6.45, 7) is 0.888. The van der Waals surface area contributed by atoms with Crippen molar-refractivity contribution in [2.24, 2.45) is 0 Å². The summed E-state index contributed by atoms with van der Waals surface area (Å²) >= 11 is 0. The standard InChI is InChI=1S/C15H20N2O3/c1-20-15(19)11-6-8-12(9-7-11)17-14(18)13-5-3-2-4-10-16-13/h6-9,13,16H,2-5,10H2,1H3,(H,17,18). The Kier molecular flexibility index (Phi) is 5.12. The Labute approximate surface area is 118 Å². The molecule has 108 valence electrons. The van der Waals surface area contributed by atoms with Gasteiger partial charge in [-0.05, 0) is 43.7 Å². The number of rotatable bonds is 3. The highest BCUT2D eigenvalue weighted by atomic mass is 16.5. The summed E-state index contributed by atoms with van der Waals surface area (Å²) in [5, 5.41) is 6.12. The van der Waals surface area contributed by atoms with E-state index in [1.54, 1.807) is 24.3 Å². The molecule has 1 aliphatic rings. The normalized spacial score (nSPS) is 18.9. The Morgan fingerprint density at radius 2 is 1.95 bits per heavy atom. The molecule has 1 aromatic carbocycles. The van der Waals surface area contributed by atoms with Crippen LogP contribution in [0, 0.1) is 0 Å². The van der Waals surface area contributed by atoms with E-state index in [4.69, 9.17) is 0 Å². The van der Waals surface area contributed by atoms with Crippen molar-refractivity contribution in [1.29, 1.82) is 0 Å². The largest absolute Gasteiger partial charge is 0.465 e. The highest BCUT2D eigenvalue weighted by molar-refractivity contribution is 5.95. The van der Waals surface area contributed by atoms with Gasteiger partial charge in [0, 0.05) is 5.69 Å². The number of carbonyl (C=O) groups excluding carboxylic acids is 2. The number of amides is 1. The fourth-order valence-electron chi connectivity index (χ4n) is 2.29. The van der Waals surface area contributed by atoms with Crippen LogP contribution in [0.25, 0.3) is 0 Å². The predicted molar refractivity (Wildman–Crippen MR) is 76.7 cm³/mol. The minimum atomic E-state index is -0.381. The average Bonchev–Trinajstić information content (AvgIpc) is 2.76. The van der Waals surface area contributed by atoms with E-state index in [9.17, 15) is 9.59 Å². The third kappa shape index (κ3) is 3.81. The predicted octanol–water partition coefficient (Wildman–Crippen LogP) is 1.94. The van der Waals surface area contributed by atoms with Crippen molar-refractivity contribution in [2.75, 3.05) is 19.0 Å². The number of methoxy groups -OCH3 is 1. The van der Waals surface area contributed by atoms with E-state index in [1.165, 1.54) is 13.5 Å². The minimum absolute atomic E-state index is 0.0160. The smallest absolute Gasteiger partial charge is 0.337 e. The van der Waals surface area contributed by atoms with Crippen LogP contribution in [0.5, 0.6) is 0 Å². The molecule has 1 unspecified atom stereocenters. The Balaban J connectivity index is 1.95. The molecule has 1 atom stereocenters. The molecule has 20 heavy (non-hydrogen) atoms. The maximum Gasteiger partial charge on any atom is 0.337 e. The van der Waals surface area contributed by atoms with Crippen LogP contribution in [0.1, 0.15) is 36.0 Å². The fourth-order valence-corrected chi connectivity index (χ4v) is 2.29. The average molecular weight is 276 g/mol. The van der Waals surface area contributed by atoms with E-state index >= 15 is 0 Å². The van der Waals surface area contributed by atoms with Crippen molar-refractivity contribution in [3.8, 4) is 0 Å². The van der Waals surface area contributed by atoms with Gasteiger partial charge in [-0.2, -0.15) is 0 Å². The number of carbonyl (C=O) groups is 2. The molecule has 5 nitrogen and oxygen atoms in total. The second-order valence-corrected chi connectivity index (χ2v) is 4.91. The summed E-state index contributed by atoms with van der Waals surface area (Å²) in [5.74, 6) is -0.397. The molecular formula is C15H20N2O3. The topological polar surface area (TPSA) is 67.4 Å². The molecule has 2 N–H and O–H groups in total. The summed E-state index contributed by atoms with van der Waals surface area (Å²) in [6.07, 6.45) is 4.24. The van der Waals surface area contributed by atoms with Crippen LogP contribution in [-0.4, -0.2) is 31.6 Å². The maximum atomic E-state index is 12.1. The number of esters is 1. The third-order valence-corrected chi connectivity index (χ3v) is 3.45. The molecule has 0 aliphatic carbocycles. The van der Waals surface area contributed by atoms with Gasteiger partial charge in [0.05, 0.1) is 18.7 Å². The summed E-state index contributed by atoms with van der Waals surface area (Å²) in [6, 6.07) is 6.57. The second-order valence-electron chi connectivity index (χ2n) is 4.91. The number of nitrogens with one attached hydrogen (secondary N) is 2. The van der Waals surface area contributed by atoms with Crippen LogP contribution < -0.4 is 10.6 Å². The third-order valence-electron chi connectivity index (χ3n) is 3.45. The molecular weight excluding hydrogens is 256 g/mol. The summed E-state index contributed by atoms with van der Waals surface area (Å²) in [5.41, 5.74) is 1.16. The van der Waals surface area contributed by atoms with Crippen molar-refractivity contribution in [3.63, 3.8) is 0 Å². The van der Waals surface area contributed by atoms with Gasteiger partial charge in [0.2, 0.25) is 5.91 Å². The van der Waals surface area contributed by atoms with Crippen molar-refractivity contribution in [1.82, 2.24) is 5.32 Å². The van der Waals surface area contributed by atoms with Gasteiger partial charge >= 0.3 is 5.97 Å². The van der Waals surface area contributed by atoms with E-state index in [0.717, 1.165) is 25.8 Å². The SMILES string of the molecule is COC(=O)c1ccc(NC(=O)C2CCCCCN2)cc1. The van der Waals surface area contributed by atoms with E-state index in [1.807, 2.05) is 0 Å². The summed E-state index contributed by atoms with van der Waals surface area (Å²) in [7, 11) is 1.34. The van der Waals surface area contributed by atoms with Gasteiger partial charge in [-0.25, -0.2) is 4.79 Å². The monoisotopic (exact) mass is 276 g/mol. The van der Waals surface area contributed by atoms with Gasteiger partial charge in [-0.1, -0.05) is 12.8 Å². The molecule has 0 radical (unpaired) electrons. The van der Waals surface area contributed by atoms with Crippen LogP contribution >= 0.6 is 0 Å². The van der Waals surface area contributed by atoms with E-state index in [0.29, 0.717) is 11.3 Å². The summed E-state index contributed by atoms with van der Waals surface area (Å²) in [4.78, 5) is 23.4. The van der Waals surface area contributed by atoms with E-state index < -0.39 is 0 Å². The fraction of sp³-hybridized carbons (Fsp3) is 0.467. The number of hydrogen-bond acceptors (Lipinski definition) is 4. The van der Waals surface area contributed by atoms with Crippen molar-refractivity contribution in [3.05, 3.63) is 29.8 Å². The number of benzene rings is 1. The lowest BCUT2D eigenvalue weighted by Gasteiger charge is -2.15. The molecule has 1 saturated heterocycles. The Morgan fingerprint density at radius 1 is 1.20 bits per heavy atom. The Bertz CT molecular complexity index is 463. The molecule has 1 fully saturated rings. The first-order valence-corrected chi connectivity index (χ1v) is 6.93. The van der Waals surface area contributed by atoms with Crippen molar-refractivity contribution >= 4 is 17.6 Å². The summed E-state index contributed by atoms with van der Waals surface area (Å²) < 4.78 is 4.63. The molecule has 0 saturated carbocycles. The lowest BCUT2D eigenvalue weighted by molar-refractivity contribution is -0.118. The lowest BCUT2D eigenvalue weighted by Crippen LogP contribution is -2.39. The molecule has 1 aliphatic heterocycles. The Morgan fingerprint density at radius 3 is 2.65 bits per heavy atom. The quantitative estimate of drug-likeness (QED) is 0.828. The molecule has 2 rings (SSSR count). The van der Waals surface area contributed by atoms with Crippen LogP contribution in [0.4, 0.5) is 5.69 Å². The van der Waals surface area contributed by atoms with Crippen LogP contribution in [0.3, 0.4) is 0 Å². The highest BCUT2D eigenvalue weighted by Gasteiger charge is 2.19. The van der Waals surface area contributed by atoms with E-state index in [-0.39, 0.29) is 17.9 Å². The first-order chi connectivity index (χ1) is 9.70. The Hall–Kier alpha value is -1.88. The van der Waals surface area contributed by atoms with E-state index in [2.05, 4.69) is 15.4 Å². The molecule has 1 amide bonds. The first-order valence-electron chi connectivity index (χ1n) is 6.93. The van der Waals surface area contributed by atoms with Gasteiger partial charge in [0.25, 0.3) is 0 Å². The van der Waals surface area contributed by atoms with Gasteiger partial charge in [0.1, 0.15) is 0 Å². The maximum absolute atomic E-state index is 12.1. The molecule has 5 heteroatoms. The molecule has 0 aromatic heterocycles. The second kappa shape index (κ2) is 7.05. The van der Waals surface area contributed by atoms with Crippen LogP contribution in [-0.2, 0) is 9.53 Å². The van der Waals surface area contributed by atoms with Crippen LogP contribution in [0.2, 0.25) is 0 Å². The van der Waals surface area contributed by atoms with Crippen LogP contribution in [0.15, 0.2) is 24.3 Å². The zero-order valence-electron chi connectivity index (χ0n) is 11.6. The molecule has 0 spiro atoms. The van der Waals surface area contributed by atoms with Crippen molar-refractivity contribution < 1.29 is 14.3 Å². The minimum Gasteiger partial charge on any atom is -0.465 e. The number of anilines is 1.